The lowest BCUT2D eigenvalue weighted by Gasteiger charge is -2.03. The van der Waals surface area contributed by atoms with Gasteiger partial charge in [0.15, 0.2) is 0 Å². The van der Waals surface area contributed by atoms with E-state index in [1.54, 1.807) is 10.9 Å². The van der Waals surface area contributed by atoms with E-state index in [-0.39, 0.29) is 5.78 Å². The standard InChI is InChI=1S/C14H9NOS/c16-14(13-8-17-9-15-13)12-7-3-5-10-4-1-2-6-11(10)12/h1-9H. The minimum atomic E-state index is -0.0111. The van der Waals surface area contributed by atoms with E-state index >= 15 is 0 Å². The Balaban J connectivity index is 2.21. The first-order chi connectivity index (χ1) is 8.36. The van der Waals surface area contributed by atoms with Gasteiger partial charge in [-0.1, -0.05) is 42.5 Å². The zero-order valence-electron chi connectivity index (χ0n) is 8.96. The topological polar surface area (TPSA) is 30.0 Å². The molecule has 0 aliphatic rings. The summed E-state index contributed by atoms with van der Waals surface area (Å²) < 4.78 is 0. The summed E-state index contributed by atoms with van der Waals surface area (Å²) in [4.78, 5) is 16.3. The third-order valence-corrected chi connectivity index (χ3v) is 3.29. The van der Waals surface area contributed by atoms with Crippen LogP contribution in [0.2, 0.25) is 0 Å². The van der Waals surface area contributed by atoms with Crippen LogP contribution in [0, 0.1) is 0 Å². The van der Waals surface area contributed by atoms with Crippen molar-refractivity contribution in [2.45, 2.75) is 0 Å². The van der Waals surface area contributed by atoms with Gasteiger partial charge in [-0.3, -0.25) is 4.79 Å². The minimum Gasteiger partial charge on any atom is -0.287 e. The summed E-state index contributed by atoms with van der Waals surface area (Å²) in [5, 5.41) is 3.84. The van der Waals surface area contributed by atoms with Crippen molar-refractivity contribution < 1.29 is 4.79 Å². The van der Waals surface area contributed by atoms with Crippen LogP contribution in [0.25, 0.3) is 10.8 Å². The normalized spacial score (nSPS) is 10.6. The molecule has 0 bridgehead atoms. The highest BCUT2D eigenvalue weighted by Gasteiger charge is 2.13. The molecule has 0 fully saturated rings. The van der Waals surface area contributed by atoms with Crippen LogP contribution in [0.4, 0.5) is 0 Å². The molecule has 1 aromatic heterocycles. The molecule has 82 valence electrons. The lowest BCUT2D eigenvalue weighted by Crippen LogP contribution is -2.02. The quantitative estimate of drug-likeness (QED) is 0.640. The van der Waals surface area contributed by atoms with Crippen LogP contribution in [-0.2, 0) is 0 Å². The van der Waals surface area contributed by atoms with E-state index < -0.39 is 0 Å². The Morgan fingerprint density at radius 1 is 1.06 bits per heavy atom. The van der Waals surface area contributed by atoms with Gasteiger partial charge < -0.3 is 0 Å². The monoisotopic (exact) mass is 239 g/mol. The molecule has 0 N–H and O–H groups in total. The van der Waals surface area contributed by atoms with E-state index in [4.69, 9.17) is 0 Å². The Labute approximate surface area is 103 Å². The molecule has 17 heavy (non-hydrogen) atoms. The highest BCUT2D eigenvalue weighted by atomic mass is 32.1. The van der Waals surface area contributed by atoms with Gasteiger partial charge >= 0.3 is 0 Å². The molecular formula is C14H9NOS. The summed E-state index contributed by atoms with van der Waals surface area (Å²) >= 11 is 1.44. The SMILES string of the molecule is O=C(c1cscn1)c1cccc2ccccc12. The van der Waals surface area contributed by atoms with Crippen LogP contribution in [0.5, 0.6) is 0 Å². The van der Waals surface area contributed by atoms with Gasteiger partial charge in [-0.2, -0.15) is 0 Å². The second kappa shape index (κ2) is 4.11. The lowest BCUT2D eigenvalue weighted by molar-refractivity contribution is 0.103. The van der Waals surface area contributed by atoms with E-state index in [1.165, 1.54) is 11.3 Å². The van der Waals surface area contributed by atoms with Crippen molar-refractivity contribution >= 4 is 27.9 Å². The smallest absolute Gasteiger partial charge is 0.212 e. The van der Waals surface area contributed by atoms with Crippen molar-refractivity contribution in [3.63, 3.8) is 0 Å². The second-order valence-electron chi connectivity index (χ2n) is 3.73. The number of nitrogens with zero attached hydrogens (tertiary/aromatic N) is 1. The Morgan fingerprint density at radius 2 is 1.88 bits per heavy atom. The van der Waals surface area contributed by atoms with Crippen molar-refractivity contribution in [3.05, 3.63) is 64.6 Å². The third kappa shape index (κ3) is 1.74. The molecule has 3 rings (SSSR count). The van der Waals surface area contributed by atoms with Crippen molar-refractivity contribution in [2.24, 2.45) is 0 Å². The number of benzene rings is 2. The molecule has 3 heteroatoms. The number of thiazole rings is 1. The summed E-state index contributed by atoms with van der Waals surface area (Å²) in [7, 11) is 0. The van der Waals surface area contributed by atoms with E-state index in [9.17, 15) is 4.79 Å². The van der Waals surface area contributed by atoms with Crippen LogP contribution in [0.1, 0.15) is 16.1 Å². The van der Waals surface area contributed by atoms with E-state index in [0.717, 1.165) is 10.8 Å². The zero-order chi connectivity index (χ0) is 11.7. The van der Waals surface area contributed by atoms with Crippen molar-refractivity contribution in [1.82, 2.24) is 4.98 Å². The Kier molecular flexibility index (Phi) is 2.46. The van der Waals surface area contributed by atoms with Gasteiger partial charge in [0.2, 0.25) is 5.78 Å². The lowest BCUT2D eigenvalue weighted by atomic mass is 10.0. The molecular weight excluding hydrogens is 230 g/mol. The number of hydrogen-bond acceptors (Lipinski definition) is 3. The average molecular weight is 239 g/mol. The molecule has 0 aliphatic carbocycles. The number of aromatic nitrogens is 1. The van der Waals surface area contributed by atoms with E-state index in [0.29, 0.717) is 11.3 Å². The fourth-order valence-corrected chi connectivity index (χ4v) is 2.42. The maximum atomic E-state index is 12.3. The van der Waals surface area contributed by atoms with Gasteiger partial charge in [0.1, 0.15) is 5.69 Å². The Bertz CT molecular complexity index is 668. The number of ketones is 1. The van der Waals surface area contributed by atoms with Crippen LogP contribution < -0.4 is 0 Å². The van der Waals surface area contributed by atoms with Crippen LogP contribution in [0.3, 0.4) is 0 Å². The fraction of sp³-hybridized carbons (Fsp3) is 0. The summed E-state index contributed by atoms with van der Waals surface area (Å²) in [5.41, 5.74) is 2.92. The molecule has 2 nitrogen and oxygen atoms in total. The molecule has 0 saturated heterocycles. The van der Waals surface area contributed by atoms with Crippen LogP contribution in [0.15, 0.2) is 53.4 Å². The van der Waals surface area contributed by atoms with Crippen molar-refractivity contribution in [1.29, 1.82) is 0 Å². The highest BCUT2D eigenvalue weighted by molar-refractivity contribution is 7.07. The third-order valence-electron chi connectivity index (χ3n) is 2.70. The zero-order valence-corrected chi connectivity index (χ0v) is 9.78. The van der Waals surface area contributed by atoms with Crippen LogP contribution >= 0.6 is 11.3 Å². The minimum absolute atomic E-state index is 0.0111. The number of rotatable bonds is 2. The molecule has 0 atom stereocenters. The van der Waals surface area contributed by atoms with E-state index in [2.05, 4.69) is 4.98 Å². The molecule has 0 spiro atoms. The van der Waals surface area contributed by atoms with Crippen LogP contribution in [-0.4, -0.2) is 10.8 Å². The Hall–Kier alpha value is -2.00. The van der Waals surface area contributed by atoms with Gasteiger partial charge in [-0.25, -0.2) is 4.98 Å². The van der Waals surface area contributed by atoms with Gasteiger partial charge in [0, 0.05) is 10.9 Å². The predicted octanol–water partition coefficient (Wildman–Crippen LogP) is 3.53. The molecule has 1 heterocycles. The summed E-state index contributed by atoms with van der Waals surface area (Å²) in [6.07, 6.45) is 0. The highest BCUT2D eigenvalue weighted by Crippen LogP contribution is 2.21. The molecule has 0 radical (unpaired) electrons. The molecule has 0 aliphatic heterocycles. The second-order valence-corrected chi connectivity index (χ2v) is 4.45. The first-order valence-electron chi connectivity index (χ1n) is 5.27. The molecule has 0 amide bonds. The first kappa shape index (κ1) is 10.2. The molecule has 0 unspecified atom stereocenters. The molecule has 3 aromatic rings. The number of hydrogen-bond donors (Lipinski definition) is 0. The van der Waals surface area contributed by atoms with Gasteiger partial charge in [0.05, 0.1) is 5.51 Å². The average Bonchev–Trinajstić information content (AvgIpc) is 2.91. The van der Waals surface area contributed by atoms with Gasteiger partial charge in [-0.15, -0.1) is 11.3 Å². The number of fused-ring (bicyclic) bond motifs is 1. The van der Waals surface area contributed by atoms with Gasteiger partial charge in [0.25, 0.3) is 0 Å². The van der Waals surface area contributed by atoms with Gasteiger partial charge in [-0.05, 0) is 10.8 Å². The predicted molar refractivity (Wildman–Crippen MR) is 69.5 cm³/mol. The van der Waals surface area contributed by atoms with Crippen molar-refractivity contribution in [3.8, 4) is 0 Å². The summed E-state index contributed by atoms with van der Waals surface area (Å²) in [5.74, 6) is -0.0111. The fourth-order valence-electron chi connectivity index (χ4n) is 1.89. The first-order valence-corrected chi connectivity index (χ1v) is 6.21. The maximum absolute atomic E-state index is 12.3. The Morgan fingerprint density at radius 3 is 2.71 bits per heavy atom. The van der Waals surface area contributed by atoms with E-state index in [1.807, 2.05) is 42.5 Å². The van der Waals surface area contributed by atoms with Crippen molar-refractivity contribution in [2.75, 3.05) is 0 Å². The number of carbonyl (C=O) groups is 1. The number of carbonyl (C=O) groups excluding carboxylic acids is 1. The maximum Gasteiger partial charge on any atom is 0.212 e. The summed E-state index contributed by atoms with van der Waals surface area (Å²) in [6.45, 7) is 0. The molecule has 0 saturated carbocycles. The molecule has 2 aromatic carbocycles. The summed E-state index contributed by atoms with van der Waals surface area (Å²) in [6, 6.07) is 13.7. The largest absolute Gasteiger partial charge is 0.287 e.